The Morgan fingerprint density at radius 1 is 0.903 bits per heavy atom. The monoisotopic (exact) mass is 413 g/mol. The summed E-state index contributed by atoms with van der Waals surface area (Å²) in [6.45, 7) is 3.56. The summed E-state index contributed by atoms with van der Waals surface area (Å²) in [6, 6.07) is 21.2. The highest BCUT2D eigenvalue weighted by Gasteiger charge is 2.20. The lowest BCUT2D eigenvalue weighted by atomic mass is 10.0. The molecule has 4 aromatic rings. The van der Waals surface area contributed by atoms with E-state index in [0.717, 1.165) is 48.9 Å². The minimum atomic E-state index is 0.196. The van der Waals surface area contributed by atoms with Crippen molar-refractivity contribution in [3.8, 4) is 0 Å². The summed E-state index contributed by atoms with van der Waals surface area (Å²) in [6.07, 6.45) is 2.30. The molecule has 0 radical (unpaired) electrons. The summed E-state index contributed by atoms with van der Waals surface area (Å²) in [5.41, 5.74) is 15.0. The molecule has 1 saturated heterocycles. The molecule has 0 spiro atoms. The van der Waals surface area contributed by atoms with Crippen LogP contribution in [0.25, 0.3) is 21.7 Å². The summed E-state index contributed by atoms with van der Waals surface area (Å²) >= 11 is 0. The fourth-order valence-corrected chi connectivity index (χ4v) is 4.46. The molecule has 0 bridgehead atoms. The maximum absolute atomic E-state index is 6.25. The number of likely N-dealkylation sites (tertiary alicyclic amines) is 1. The van der Waals surface area contributed by atoms with Crippen molar-refractivity contribution >= 4 is 33.4 Å². The Labute approximate surface area is 181 Å². The minimum absolute atomic E-state index is 0.196. The molecular weight excluding hydrogens is 386 g/mol. The predicted molar refractivity (Wildman–Crippen MR) is 125 cm³/mol. The molecular formula is C25H27N5O. The molecule has 6 nitrogen and oxygen atoms in total. The van der Waals surface area contributed by atoms with Crippen LogP contribution in [0.2, 0.25) is 0 Å². The highest BCUT2D eigenvalue weighted by Crippen LogP contribution is 2.25. The van der Waals surface area contributed by atoms with Gasteiger partial charge < -0.3 is 16.2 Å². The van der Waals surface area contributed by atoms with Gasteiger partial charge in [-0.15, -0.1) is 0 Å². The van der Waals surface area contributed by atoms with Gasteiger partial charge in [-0.1, -0.05) is 48.5 Å². The second kappa shape index (κ2) is 8.49. The second-order valence-electron chi connectivity index (χ2n) is 8.25. The van der Waals surface area contributed by atoms with E-state index in [2.05, 4.69) is 57.3 Å². The smallest absolute Gasteiger partial charge is 0.222 e. The first-order chi connectivity index (χ1) is 15.2. The molecule has 1 aliphatic rings. The van der Waals surface area contributed by atoms with Crippen LogP contribution in [0.4, 0.5) is 11.8 Å². The van der Waals surface area contributed by atoms with Crippen molar-refractivity contribution in [2.45, 2.75) is 32.1 Å². The van der Waals surface area contributed by atoms with Crippen LogP contribution in [0.15, 0.2) is 60.7 Å². The highest BCUT2D eigenvalue weighted by molar-refractivity contribution is 5.91. The predicted octanol–water partition coefficient (Wildman–Crippen LogP) is 4.13. The Hall–Kier alpha value is -3.22. The first-order valence-corrected chi connectivity index (χ1v) is 10.8. The lowest BCUT2D eigenvalue weighted by Gasteiger charge is -2.32. The van der Waals surface area contributed by atoms with E-state index in [1.165, 1.54) is 16.3 Å². The number of hydrogen-bond acceptors (Lipinski definition) is 6. The van der Waals surface area contributed by atoms with Crippen molar-refractivity contribution < 1.29 is 4.74 Å². The van der Waals surface area contributed by atoms with Gasteiger partial charge in [0.05, 0.1) is 18.2 Å². The normalized spacial score (nSPS) is 15.6. The molecule has 1 aliphatic heterocycles. The summed E-state index contributed by atoms with van der Waals surface area (Å²) < 4.78 is 6.25. The second-order valence-corrected chi connectivity index (χ2v) is 8.25. The number of nitrogens with zero attached hydrogens (tertiary/aromatic N) is 3. The van der Waals surface area contributed by atoms with Gasteiger partial charge in [-0.05, 0) is 46.9 Å². The molecule has 4 N–H and O–H groups in total. The van der Waals surface area contributed by atoms with Gasteiger partial charge in [0.15, 0.2) is 0 Å². The number of benzene rings is 3. The van der Waals surface area contributed by atoms with E-state index in [0.29, 0.717) is 12.4 Å². The zero-order chi connectivity index (χ0) is 21.2. The quantitative estimate of drug-likeness (QED) is 0.511. The van der Waals surface area contributed by atoms with Crippen molar-refractivity contribution in [3.63, 3.8) is 0 Å². The largest absolute Gasteiger partial charge is 0.383 e. The van der Waals surface area contributed by atoms with Crippen LogP contribution in [0.1, 0.15) is 24.0 Å². The number of fused-ring (bicyclic) bond motifs is 2. The molecule has 1 fully saturated rings. The zero-order valence-corrected chi connectivity index (χ0v) is 17.5. The Balaban J connectivity index is 1.18. The van der Waals surface area contributed by atoms with Crippen LogP contribution in [0, 0.1) is 0 Å². The molecule has 0 aliphatic carbocycles. The maximum atomic E-state index is 6.25. The molecule has 3 aromatic carbocycles. The third-order valence-electron chi connectivity index (χ3n) is 6.08. The lowest BCUT2D eigenvalue weighted by molar-refractivity contribution is -0.00349. The average Bonchev–Trinajstić information content (AvgIpc) is 2.78. The first kappa shape index (κ1) is 19.7. The van der Waals surface area contributed by atoms with Crippen LogP contribution in [0.3, 0.4) is 0 Å². The lowest BCUT2D eigenvalue weighted by Crippen LogP contribution is -2.36. The van der Waals surface area contributed by atoms with Crippen LogP contribution in [-0.2, 0) is 17.9 Å². The van der Waals surface area contributed by atoms with Gasteiger partial charge in [-0.2, -0.15) is 4.98 Å². The van der Waals surface area contributed by atoms with Crippen molar-refractivity contribution in [2.24, 2.45) is 0 Å². The number of anilines is 2. The van der Waals surface area contributed by atoms with Crippen LogP contribution >= 0.6 is 0 Å². The van der Waals surface area contributed by atoms with E-state index >= 15 is 0 Å². The third-order valence-corrected chi connectivity index (χ3v) is 6.08. The minimum Gasteiger partial charge on any atom is -0.383 e. The molecule has 0 unspecified atom stereocenters. The van der Waals surface area contributed by atoms with Gasteiger partial charge in [-0.25, -0.2) is 4.98 Å². The van der Waals surface area contributed by atoms with Crippen LogP contribution in [-0.4, -0.2) is 34.1 Å². The summed E-state index contributed by atoms with van der Waals surface area (Å²) in [5, 5.41) is 3.43. The molecule has 0 atom stereocenters. The molecule has 6 heteroatoms. The van der Waals surface area contributed by atoms with Crippen molar-refractivity contribution in [1.82, 2.24) is 14.9 Å². The van der Waals surface area contributed by atoms with Gasteiger partial charge in [0.25, 0.3) is 0 Å². The van der Waals surface area contributed by atoms with E-state index in [9.17, 15) is 0 Å². The Kier molecular flexibility index (Phi) is 5.40. The molecule has 1 aromatic heterocycles. The number of aromatic nitrogens is 2. The number of nitrogen functional groups attached to an aromatic ring is 2. The summed E-state index contributed by atoms with van der Waals surface area (Å²) in [5.74, 6) is 0.605. The summed E-state index contributed by atoms with van der Waals surface area (Å²) in [7, 11) is 0. The molecule has 2 heterocycles. The van der Waals surface area contributed by atoms with E-state index in [-0.39, 0.29) is 12.1 Å². The van der Waals surface area contributed by atoms with E-state index in [1.54, 1.807) is 0 Å². The van der Waals surface area contributed by atoms with Gasteiger partial charge in [-0.3, -0.25) is 4.90 Å². The van der Waals surface area contributed by atoms with Gasteiger partial charge in [0.1, 0.15) is 5.82 Å². The topological polar surface area (TPSA) is 90.3 Å². The third kappa shape index (κ3) is 4.31. The molecule has 0 amide bonds. The molecule has 0 saturated carbocycles. The molecule has 5 rings (SSSR count). The molecule has 158 valence electrons. The molecule has 31 heavy (non-hydrogen) atoms. The van der Waals surface area contributed by atoms with Crippen molar-refractivity contribution in [1.29, 1.82) is 0 Å². The number of piperidine rings is 1. The fourth-order valence-electron chi connectivity index (χ4n) is 4.46. The highest BCUT2D eigenvalue weighted by atomic mass is 16.5. The van der Waals surface area contributed by atoms with Gasteiger partial charge in [0.2, 0.25) is 5.95 Å². The maximum Gasteiger partial charge on any atom is 0.222 e. The standard InChI is InChI=1S/C25H27N5O/c26-24-23-20(6-3-7-22(23)28-25(27)29-24)16-31-21-10-12-30(13-11-21)15-17-8-9-18-4-1-2-5-19(18)14-17/h1-9,14,21H,10-13,15-16H2,(H4,26,27,28,29). The average molecular weight is 414 g/mol. The van der Waals surface area contributed by atoms with Crippen LogP contribution < -0.4 is 11.5 Å². The first-order valence-electron chi connectivity index (χ1n) is 10.8. The van der Waals surface area contributed by atoms with Gasteiger partial charge in [0, 0.05) is 25.0 Å². The Bertz CT molecular complexity index is 1220. The number of ether oxygens (including phenoxy) is 1. The van der Waals surface area contributed by atoms with E-state index in [4.69, 9.17) is 16.2 Å². The number of hydrogen-bond donors (Lipinski definition) is 2. The summed E-state index contributed by atoms with van der Waals surface area (Å²) in [4.78, 5) is 10.9. The van der Waals surface area contributed by atoms with Crippen molar-refractivity contribution in [2.75, 3.05) is 24.6 Å². The van der Waals surface area contributed by atoms with Crippen LogP contribution in [0.5, 0.6) is 0 Å². The zero-order valence-electron chi connectivity index (χ0n) is 17.5. The number of rotatable bonds is 5. The Morgan fingerprint density at radius 2 is 1.71 bits per heavy atom. The van der Waals surface area contributed by atoms with E-state index < -0.39 is 0 Å². The van der Waals surface area contributed by atoms with Crippen molar-refractivity contribution in [3.05, 3.63) is 71.8 Å². The number of nitrogens with two attached hydrogens (primary N) is 2. The Morgan fingerprint density at radius 3 is 2.55 bits per heavy atom. The fraction of sp³-hybridized carbons (Fsp3) is 0.280. The SMILES string of the molecule is Nc1nc(N)c2c(COC3CCN(Cc4ccc5ccccc5c4)CC3)cccc2n1. The van der Waals surface area contributed by atoms with E-state index in [1.807, 2.05) is 18.2 Å². The van der Waals surface area contributed by atoms with Gasteiger partial charge >= 0.3 is 0 Å².